The van der Waals surface area contributed by atoms with Gasteiger partial charge in [-0.1, -0.05) is 6.08 Å². The van der Waals surface area contributed by atoms with Crippen molar-refractivity contribution in [3.63, 3.8) is 0 Å². The standard InChI is InChI=1S/C4H4O4.C4H6O2.Na/c5-3(6)1-2-4(7)8;1-2-3-4(5)6;/h1-2H,(H,5,6)(H,7,8);2H,1,3H2,(H,5,6);/q;;+1/p-1/b2-1-;;. The molecule has 0 amide bonds. The maximum Gasteiger partial charge on any atom is 1.00 e. The number of carboxylic acids is 3. The van der Waals surface area contributed by atoms with Crippen LogP contribution < -0.4 is 34.7 Å². The Hall–Kier alpha value is -1.11. The van der Waals surface area contributed by atoms with E-state index in [1.54, 1.807) is 0 Å². The third-order valence-corrected chi connectivity index (χ3v) is 0.679. The molecule has 0 fully saturated rings. The van der Waals surface area contributed by atoms with E-state index in [1.165, 1.54) is 6.08 Å². The largest absolute Gasteiger partial charge is 1.00 e. The molecule has 0 unspecified atom stereocenters. The van der Waals surface area contributed by atoms with Gasteiger partial charge in [0.05, 0.1) is 0 Å². The minimum absolute atomic E-state index is 0. The number of carbonyl (C=O) groups excluding carboxylic acids is 1. The minimum atomic E-state index is -1.26. The van der Waals surface area contributed by atoms with Gasteiger partial charge in [0.2, 0.25) is 0 Å². The van der Waals surface area contributed by atoms with Crippen LogP contribution in [0.3, 0.4) is 0 Å². The predicted molar refractivity (Wildman–Crippen MR) is 44.2 cm³/mol. The number of rotatable bonds is 4. The number of hydrogen-bond donors (Lipinski definition) is 2. The van der Waals surface area contributed by atoms with Crippen molar-refractivity contribution in [1.29, 1.82) is 0 Å². The maximum absolute atomic E-state index is 9.55. The summed E-state index contributed by atoms with van der Waals surface area (Å²) in [5.74, 6) is -3.59. The molecule has 0 saturated heterocycles. The molecule has 7 heteroatoms. The van der Waals surface area contributed by atoms with Gasteiger partial charge >= 0.3 is 41.5 Å². The molecule has 78 valence electrons. The van der Waals surface area contributed by atoms with Gasteiger partial charge in [-0.2, -0.15) is 0 Å². The summed E-state index contributed by atoms with van der Waals surface area (Å²) >= 11 is 0. The summed E-state index contributed by atoms with van der Waals surface area (Å²) in [6.07, 6.45) is 2.35. The molecule has 0 atom stereocenters. The summed E-state index contributed by atoms with van der Waals surface area (Å²) in [5.41, 5.74) is 0. The Balaban J connectivity index is -0.000000187. The van der Waals surface area contributed by atoms with Crippen LogP contribution in [-0.2, 0) is 14.4 Å². The molecular weight excluding hydrogens is 215 g/mol. The molecule has 0 spiro atoms. The van der Waals surface area contributed by atoms with E-state index >= 15 is 0 Å². The van der Waals surface area contributed by atoms with Crippen LogP contribution >= 0.6 is 0 Å². The molecule has 0 heterocycles. The Bertz CT molecular complexity index is 242. The van der Waals surface area contributed by atoms with Crippen LogP contribution in [0.5, 0.6) is 0 Å². The van der Waals surface area contributed by atoms with Gasteiger partial charge in [-0.3, -0.25) is 0 Å². The number of aliphatic carboxylic acids is 3. The van der Waals surface area contributed by atoms with Crippen molar-refractivity contribution in [3.05, 3.63) is 24.8 Å². The van der Waals surface area contributed by atoms with Crippen molar-refractivity contribution in [2.75, 3.05) is 0 Å². The summed E-state index contributed by atoms with van der Waals surface area (Å²) in [6, 6.07) is 0. The van der Waals surface area contributed by atoms with Gasteiger partial charge in [-0.25, -0.2) is 9.59 Å². The summed E-state index contributed by atoms with van der Waals surface area (Å²) in [6.45, 7) is 3.18. The van der Waals surface area contributed by atoms with E-state index in [0.29, 0.717) is 12.2 Å². The van der Waals surface area contributed by atoms with E-state index < -0.39 is 17.9 Å². The molecule has 0 aromatic rings. The van der Waals surface area contributed by atoms with Gasteiger partial charge in [0.25, 0.3) is 0 Å². The van der Waals surface area contributed by atoms with E-state index in [0.717, 1.165) is 0 Å². The first kappa shape index (κ1) is 19.5. The van der Waals surface area contributed by atoms with Crippen LogP contribution in [0.4, 0.5) is 0 Å². The molecule has 0 aliphatic heterocycles. The topological polar surface area (TPSA) is 115 Å². The quantitative estimate of drug-likeness (QED) is 0.286. The molecular formula is C8H9NaO6. The first-order valence-electron chi connectivity index (χ1n) is 3.34. The summed E-state index contributed by atoms with van der Waals surface area (Å²) in [7, 11) is 0. The molecule has 0 aromatic carbocycles. The van der Waals surface area contributed by atoms with Crippen LogP contribution in [-0.4, -0.2) is 28.1 Å². The van der Waals surface area contributed by atoms with Crippen molar-refractivity contribution in [2.45, 2.75) is 6.42 Å². The van der Waals surface area contributed by atoms with Gasteiger partial charge in [0.15, 0.2) is 0 Å². The maximum atomic E-state index is 9.55. The van der Waals surface area contributed by atoms with Gasteiger partial charge in [0, 0.05) is 24.5 Å². The monoisotopic (exact) mass is 224 g/mol. The van der Waals surface area contributed by atoms with Crippen LogP contribution in [0, 0.1) is 0 Å². The van der Waals surface area contributed by atoms with E-state index in [-0.39, 0.29) is 36.0 Å². The van der Waals surface area contributed by atoms with E-state index in [1.807, 2.05) is 0 Å². The Morgan fingerprint density at radius 1 is 1.13 bits per heavy atom. The predicted octanol–water partition coefficient (Wildman–Crippen LogP) is -3.97. The second-order valence-corrected chi connectivity index (χ2v) is 1.87. The van der Waals surface area contributed by atoms with Crippen LogP contribution in [0.25, 0.3) is 0 Å². The van der Waals surface area contributed by atoms with Crippen molar-refractivity contribution >= 4 is 17.9 Å². The average molecular weight is 224 g/mol. The van der Waals surface area contributed by atoms with E-state index in [9.17, 15) is 19.5 Å². The summed E-state index contributed by atoms with van der Waals surface area (Å²) in [4.78, 5) is 28.5. The fraction of sp³-hybridized carbons (Fsp3) is 0.125. The molecule has 0 rings (SSSR count). The second kappa shape index (κ2) is 12.9. The van der Waals surface area contributed by atoms with E-state index in [4.69, 9.17) is 10.2 Å². The molecule has 0 aliphatic rings. The summed E-state index contributed by atoms with van der Waals surface area (Å²) < 4.78 is 0. The number of carbonyl (C=O) groups is 3. The van der Waals surface area contributed by atoms with Gasteiger partial charge in [-0.05, 0) is 0 Å². The van der Waals surface area contributed by atoms with Gasteiger partial charge in [0.1, 0.15) is 0 Å². The summed E-state index contributed by atoms with van der Waals surface area (Å²) in [5, 5.41) is 25.0. The van der Waals surface area contributed by atoms with E-state index in [2.05, 4.69) is 6.58 Å². The third-order valence-electron chi connectivity index (χ3n) is 0.679. The molecule has 0 bridgehead atoms. The fourth-order valence-corrected chi connectivity index (χ4v) is 0.260. The van der Waals surface area contributed by atoms with Crippen molar-refractivity contribution in [2.24, 2.45) is 0 Å². The first-order chi connectivity index (χ1) is 6.40. The average Bonchev–Trinajstić information content (AvgIpc) is 2.01. The zero-order chi connectivity index (χ0) is 11.6. The van der Waals surface area contributed by atoms with Crippen LogP contribution in [0.2, 0.25) is 0 Å². The van der Waals surface area contributed by atoms with Gasteiger partial charge < -0.3 is 20.1 Å². The molecule has 6 nitrogen and oxygen atoms in total. The minimum Gasteiger partial charge on any atom is -0.550 e. The van der Waals surface area contributed by atoms with Crippen LogP contribution in [0.1, 0.15) is 6.42 Å². The normalized spacial score (nSPS) is 8.00. The number of carboxylic acid groups (broad SMARTS) is 3. The zero-order valence-electron chi connectivity index (χ0n) is 8.17. The second-order valence-electron chi connectivity index (χ2n) is 1.87. The Kier molecular flexibility index (Phi) is 16.7. The molecule has 0 aliphatic carbocycles. The van der Waals surface area contributed by atoms with Crippen LogP contribution in [0.15, 0.2) is 24.8 Å². The van der Waals surface area contributed by atoms with Crippen molar-refractivity contribution < 1.29 is 59.3 Å². The molecule has 15 heavy (non-hydrogen) atoms. The fourth-order valence-electron chi connectivity index (χ4n) is 0.260. The third kappa shape index (κ3) is 32.2. The smallest absolute Gasteiger partial charge is 0.550 e. The first-order valence-corrected chi connectivity index (χ1v) is 3.34. The Morgan fingerprint density at radius 2 is 1.47 bits per heavy atom. The van der Waals surface area contributed by atoms with Crippen molar-refractivity contribution in [1.82, 2.24) is 0 Å². The molecule has 0 aromatic heterocycles. The van der Waals surface area contributed by atoms with Gasteiger partial charge in [-0.15, -0.1) is 6.58 Å². The molecule has 0 radical (unpaired) electrons. The number of hydrogen-bond acceptors (Lipinski definition) is 4. The molecule has 0 saturated carbocycles. The molecule has 2 N–H and O–H groups in total. The Labute approximate surface area is 108 Å². The van der Waals surface area contributed by atoms with Crippen molar-refractivity contribution in [3.8, 4) is 0 Å². The Morgan fingerprint density at radius 3 is 1.53 bits per heavy atom. The zero-order valence-corrected chi connectivity index (χ0v) is 10.2. The SMILES string of the molecule is C=CCC(=O)[O-].O=C(O)/C=C\C(=O)O.[Na+].